The molecule has 1 aromatic heterocycles. The van der Waals surface area contributed by atoms with Gasteiger partial charge in [0, 0.05) is 30.0 Å². The lowest BCUT2D eigenvalue weighted by atomic mass is 10.1. The molecule has 2 aromatic carbocycles. The van der Waals surface area contributed by atoms with E-state index in [-0.39, 0.29) is 11.9 Å². The predicted octanol–water partition coefficient (Wildman–Crippen LogP) is 5.93. The highest BCUT2D eigenvalue weighted by Crippen LogP contribution is 2.17. The molecule has 0 radical (unpaired) electrons. The molecule has 0 spiro atoms. The highest BCUT2D eigenvalue weighted by molar-refractivity contribution is 5.94. The molecule has 1 heterocycles. The molecule has 3 nitrogen and oxygen atoms in total. The Balaban J connectivity index is 1.74. The summed E-state index contributed by atoms with van der Waals surface area (Å²) in [6, 6.07) is 22.9. The summed E-state index contributed by atoms with van der Waals surface area (Å²) in [6.07, 6.45) is 5.54. The van der Waals surface area contributed by atoms with Gasteiger partial charge in [0.2, 0.25) is 0 Å². The number of carbonyl (C=O) groups is 1. The minimum atomic E-state index is 0.0921. The van der Waals surface area contributed by atoms with E-state index < -0.39 is 0 Å². The second-order valence-electron chi connectivity index (χ2n) is 7.94. The van der Waals surface area contributed by atoms with E-state index in [0.717, 1.165) is 24.2 Å². The fraction of sp³-hybridized carbons (Fsp3) is 0.346. The zero-order valence-electron chi connectivity index (χ0n) is 17.8. The third-order valence-electron chi connectivity index (χ3n) is 5.36. The van der Waals surface area contributed by atoms with E-state index >= 15 is 0 Å². The van der Waals surface area contributed by atoms with Crippen LogP contribution in [0.15, 0.2) is 72.9 Å². The van der Waals surface area contributed by atoms with E-state index in [2.05, 4.69) is 80.1 Å². The van der Waals surface area contributed by atoms with Gasteiger partial charge in [-0.15, -0.1) is 0 Å². The molecule has 3 heteroatoms. The fourth-order valence-corrected chi connectivity index (χ4v) is 3.55. The molecule has 0 saturated heterocycles. The Labute approximate surface area is 175 Å². The number of aromatic nitrogens is 1. The van der Waals surface area contributed by atoms with Gasteiger partial charge in [-0.3, -0.25) is 4.79 Å². The Morgan fingerprint density at radius 3 is 2.31 bits per heavy atom. The van der Waals surface area contributed by atoms with Gasteiger partial charge in [-0.25, -0.2) is 0 Å². The third kappa shape index (κ3) is 5.60. The van der Waals surface area contributed by atoms with Crippen molar-refractivity contribution in [2.75, 3.05) is 0 Å². The van der Waals surface area contributed by atoms with Gasteiger partial charge >= 0.3 is 0 Å². The van der Waals surface area contributed by atoms with Gasteiger partial charge in [0.15, 0.2) is 0 Å². The van der Waals surface area contributed by atoms with Crippen LogP contribution in [-0.4, -0.2) is 21.4 Å². The van der Waals surface area contributed by atoms with Crippen molar-refractivity contribution in [3.63, 3.8) is 0 Å². The summed E-state index contributed by atoms with van der Waals surface area (Å²) in [5, 5.41) is 0. The van der Waals surface area contributed by atoms with Crippen molar-refractivity contribution in [2.45, 2.75) is 59.2 Å². The molecular weight excluding hydrogens is 356 g/mol. The van der Waals surface area contributed by atoms with Crippen LogP contribution in [0.2, 0.25) is 0 Å². The number of hydrogen-bond acceptors (Lipinski definition) is 1. The first-order chi connectivity index (χ1) is 14.1. The van der Waals surface area contributed by atoms with Crippen molar-refractivity contribution >= 4 is 5.91 Å². The first kappa shape index (κ1) is 20.9. The monoisotopic (exact) mass is 388 g/mol. The van der Waals surface area contributed by atoms with Crippen LogP contribution in [0.5, 0.6) is 0 Å². The van der Waals surface area contributed by atoms with Crippen LogP contribution >= 0.6 is 0 Å². The minimum absolute atomic E-state index is 0.0921. The summed E-state index contributed by atoms with van der Waals surface area (Å²) in [5.74, 6) is 0.0921. The third-order valence-corrected chi connectivity index (χ3v) is 5.36. The van der Waals surface area contributed by atoms with Crippen molar-refractivity contribution in [3.8, 4) is 0 Å². The van der Waals surface area contributed by atoms with Gasteiger partial charge in [-0.2, -0.15) is 0 Å². The molecule has 0 aliphatic carbocycles. The van der Waals surface area contributed by atoms with Gasteiger partial charge in [-0.1, -0.05) is 55.8 Å². The number of rotatable bonds is 9. The van der Waals surface area contributed by atoms with Crippen LogP contribution in [0.4, 0.5) is 0 Å². The molecule has 0 atom stereocenters. The Morgan fingerprint density at radius 2 is 1.66 bits per heavy atom. The van der Waals surface area contributed by atoms with Gasteiger partial charge in [0.25, 0.3) is 5.91 Å². The Morgan fingerprint density at radius 1 is 0.931 bits per heavy atom. The molecule has 1 amide bonds. The van der Waals surface area contributed by atoms with E-state index in [9.17, 15) is 4.79 Å². The van der Waals surface area contributed by atoms with Crippen molar-refractivity contribution in [2.24, 2.45) is 0 Å². The second-order valence-corrected chi connectivity index (χ2v) is 7.94. The van der Waals surface area contributed by atoms with Crippen LogP contribution < -0.4 is 0 Å². The first-order valence-electron chi connectivity index (χ1n) is 10.7. The van der Waals surface area contributed by atoms with E-state index in [1.54, 1.807) is 0 Å². The number of amides is 1. The molecule has 0 saturated carbocycles. The smallest absolute Gasteiger partial charge is 0.254 e. The lowest BCUT2D eigenvalue weighted by Crippen LogP contribution is -2.37. The zero-order valence-corrected chi connectivity index (χ0v) is 17.8. The summed E-state index contributed by atoms with van der Waals surface area (Å²) in [7, 11) is 0. The molecule has 0 N–H and O–H groups in total. The topological polar surface area (TPSA) is 25.2 Å². The van der Waals surface area contributed by atoms with Crippen LogP contribution in [-0.2, 0) is 19.5 Å². The maximum absolute atomic E-state index is 13.2. The number of nitrogens with zero attached hydrogens (tertiary/aromatic N) is 2. The number of benzene rings is 2. The van der Waals surface area contributed by atoms with Crippen molar-refractivity contribution in [1.82, 2.24) is 9.47 Å². The number of aryl methyl sites for hydroxylation is 1. The first-order valence-corrected chi connectivity index (χ1v) is 10.7. The van der Waals surface area contributed by atoms with Gasteiger partial charge in [0.1, 0.15) is 0 Å². The SMILES string of the molecule is CCCCc1ccc(C(=O)N(Cc2cccn2Cc2ccccc2)C(C)C)cc1. The molecule has 0 fully saturated rings. The molecule has 0 bridgehead atoms. The fourth-order valence-electron chi connectivity index (χ4n) is 3.55. The summed E-state index contributed by atoms with van der Waals surface area (Å²) >= 11 is 0. The predicted molar refractivity (Wildman–Crippen MR) is 120 cm³/mol. The Bertz CT molecular complexity index is 894. The van der Waals surface area contributed by atoms with Crippen LogP contribution in [0.25, 0.3) is 0 Å². The van der Waals surface area contributed by atoms with E-state index in [0.29, 0.717) is 6.54 Å². The summed E-state index contributed by atoms with van der Waals surface area (Å²) in [4.78, 5) is 15.2. The Hall–Kier alpha value is -2.81. The van der Waals surface area contributed by atoms with Gasteiger partial charge in [0.05, 0.1) is 6.54 Å². The van der Waals surface area contributed by atoms with Crippen LogP contribution in [0.3, 0.4) is 0 Å². The van der Waals surface area contributed by atoms with Crippen LogP contribution in [0, 0.1) is 0 Å². The highest BCUT2D eigenvalue weighted by atomic mass is 16.2. The maximum atomic E-state index is 13.2. The number of hydrogen-bond donors (Lipinski definition) is 0. The average Bonchev–Trinajstić information content (AvgIpc) is 3.17. The van der Waals surface area contributed by atoms with Crippen molar-refractivity contribution in [1.29, 1.82) is 0 Å². The molecule has 29 heavy (non-hydrogen) atoms. The highest BCUT2D eigenvalue weighted by Gasteiger charge is 2.20. The second kappa shape index (κ2) is 10.1. The largest absolute Gasteiger partial charge is 0.345 e. The van der Waals surface area contributed by atoms with E-state index in [1.165, 1.54) is 24.0 Å². The van der Waals surface area contributed by atoms with Gasteiger partial charge < -0.3 is 9.47 Å². The molecule has 3 aromatic rings. The van der Waals surface area contributed by atoms with Crippen molar-refractivity contribution in [3.05, 3.63) is 95.3 Å². The molecule has 152 valence electrons. The van der Waals surface area contributed by atoms with E-state index in [1.807, 2.05) is 23.1 Å². The summed E-state index contributed by atoms with van der Waals surface area (Å²) < 4.78 is 2.23. The minimum Gasteiger partial charge on any atom is -0.345 e. The maximum Gasteiger partial charge on any atom is 0.254 e. The molecule has 0 unspecified atom stereocenters. The number of unbranched alkanes of at least 4 members (excludes halogenated alkanes) is 1. The lowest BCUT2D eigenvalue weighted by Gasteiger charge is -2.27. The molecular formula is C26H32N2O. The average molecular weight is 389 g/mol. The molecule has 0 aliphatic heterocycles. The quantitative estimate of drug-likeness (QED) is 0.446. The Kier molecular flexibility index (Phi) is 7.29. The summed E-state index contributed by atoms with van der Waals surface area (Å²) in [5.41, 5.74) is 4.47. The molecule has 0 aliphatic rings. The summed E-state index contributed by atoms with van der Waals surface area (Å²) in [6.45, 7) is 7.78. The van der Waals surface area contributed by atoms with E-state index in [4.69, 9.17) is 0 Å². The normalized spacial score (nSPS) is 11.0. The standard InChI is InChI=1S/C26H32N2O/c1-4-5-10-22-14-16-24(17-15-22)26(29)28(21(2)3)20-25-13-9-18-27(25)19-23-11-7-6-8-12-23/h6-9,11-18,21H,4-5,10,19-20H2,1-3H3. The van der Waals surface area contributed by atoms with Crippen molar-refractivity contribution < 1.29 is 4.79 Å². The number of carbonyl (C=O) groups excluding carboxylic acids is 1. The molecule has 3 rings (SSSR count). The zero-order chi connectivity index (χ0) is 20.6. The van der Waals surface area contributed by atoms with Gasteiger partial charge in [-0.05, 0) is 62.1 Å². The lowest BCUT2D eigenvalue weighted by molar-refractivity contribution is 0.0686. The van der Waals surface area contributed by atoms with Crippen LogP contribution in [0.1, 0.15) is 60.8 Å².